The quantitative estimate of drug-likeness (QED) is 0.209. The molecule has 0 aliphatic rings. The summed E-state index contributed by atoms with van der Waals surface area (Å²) < 4.78 is 5.79. The van der Waals surface area contributed by atoms with E-state index in [2.05, 4.69) is 26.6 Å². The summed E-state index contributed by atoms with van der Waals surface area (Å²) in [5.74, 6) is -1.32. The molecule has 0 aromatic heterocycles. The number of halogens is 2. The van der Waals surface area contributed by atoms with E-state index in [1.807, 2.05) is 0 Å². The first-order valence-corrected chi connectivity index (χ1v) is 11.1. The number of nitrogens with one attached hydrogen (secondary N) is 2. The Kier molecular flexibility index (Phi) is 8.35. The van der Waals surface area contributed by atoms with Crippen LogP contribution >= 0.6 is 27.5 Å². The summed E-state index contributed by atoms with van der Waals surface area (Å²) in [6, 6.07) is 13.7. The van der Waals surface area contributed by atoms with E-state index in [1.165, 1.54) is 55.7 Å². The third-order valence-electron chi connectivity index (χ3n) is 4.69. The number of amides is 2. The monoisotopic (exact) mass is 574 g/mol. The lowest BCUT2D eigenvalue weighted by Crippen LogP contribution is -2.31. The number of nitro groups is 2. The van der Waals surface area contributed by atoms with Crippen LogP contribution in [0.1, 0.15) is 15.9 Å². The zero-order valence-electron chi connectivity index (χ0n) is 18.4. The number of anilines is 1. The number of hydrogen-bond acceptors (Lipinski definition) is 7. The van der Waals surface area contributed by atoms with Crippen molar-refractivity contribution in [1.82, 2.24) is 5.32 Å². The van der Waals surface area contributed by atoms with E-state index in [0.717, 1.165) is 6.07 Å². The minimum absolute atomic E-state index is 0.0373. The molecule has 0 unspecified atom stereocenters. The standard InChI is InChI=1S/C23H16BrClN4O7/c1-36-21-8-5-14(24)11-17(21)22(30)27-19(10-13-3-2-4-16(9-13)28(32)33)23(31)26-15-6-7-18(25)20(12-15)29(34)35/h2-12H,1H3,(H,26,31)(H,27,30)/b19-10-. The maximum atomic E-state index is 13.1. The van der Waals surface area contributed by atoms with Gasteiger partial charge in [0.15, 0.2) is 0 Å². The maximum absolute atomic E-state index is 13.1. The number of carbonyl (C=O) groups is 2. The van der Waals surface area contributed by atoms with E-state index in [0.29, 0.717) is 4.47 Å². The smallest absolute Gasteiger partial charge is 0.289 e. The summed E-state index contributed by atoms with van der Waals surface area (Å²) in [6.07, 6.45) is 1.23. The highest BCUT2D eigenvalue weighted by atomic mass is 79.9. The van der Waals surface area contributed by atoms with Crippen molar-refractivity contribution in [2.75, 3.05) is 12.4 Å². The van der Waals surface area contributed by atoms with Gasteiger partial charge in [0.1, 0.15) is 16.5 Å². The fourth-order valence-corrected chi connectivity index (χ4v) is 3.58. The Labute approximate surface area is 217 Å². The van der Waals surface area contributed by atoms with Crippen LogP contribution in [0.5, 0.6) is 5.75 Å². The van der Waals surface area contributed by atoms with Crippen LogP contribution in [0.25, 0.3) is 6.08 Å². The molecule has 0 spiro atoms. The SMILES string of the molecule is COc1ccc(Br)cc1C(=O)N/C(=C\c1cccc([N+](=O)[O-])c1)C(=O)Nc1ccc(Cl)c([N+](=O)[O-])c1. The Morgan fingerprint density at radius 3 is 2.44 bits per heavy atom. The minimum atomic E-state index is -0.847. The van der Waals surface area contributed by atoms with Crippen molar-refractivity contribution in [1.29, 1.82) is 0 Å². The fraction of sp³-hybridized carbons (Fsp3) is 0.0435. The van der Waals surface area contributed by atoms with E-state index in [4.69, 9.17) is 16.3 Å². The molecule has 0 aliphatic carbocycles. The van der Waals surface area contributed by atoms with Crippen LogP contribution in [0.15, 0.2) is 70.8 Å². The van der Waals surface area contributed by atoms with E-state index in [9.17, 15) is 29.8 Å². The number of carbonyl (C=O) groups excluding carboxylic acids is 2. The van der Waals surface area contributed by atoms with Crippen LogP contribution in [-0.2, 0) is 4.79 Å². The summed E-state index contributed by atoms with van der Waals surface area (Å²) >= 11 is 9.10. The van der Waals surface area contributed by atoms with Crippen LogP contribution in [0, 0.1) is 20.2 Å². The molecule has 0 aliphatic heterocycles. The fourth-order valence-electron chi connectivity index (χ4n) is 3.03. The van der Waals surface area contributed by atoms with Crippen molar-refractivity contribution in [2.24, 2.45) is 0 Å². The molecule has 3 aromatic rings. The first-order chi connectivity index (χ1) is 17.1. The number of non-ortho nitro benzene ring substituents is 1. The first kappa shape index (κ1) is 26.3. The van der Waals surface area contributed by atoms with Gasteiger partial charge in [-0.3, -0.25) is 29.8 Å². The molecule has 13 heteroatoms. The number of methoxy groups -OCH3 is 1. The number of hydrogen-bond donors (Lipinski definition) is 2. The van der Waals surface area contributed by atoms with Gasteiger partial charge in [0, 0.05) is 28.4 Å². The summed E-state index contributed by atoms with van der Waals surface area (Å²) in [7, 11) is 1.38. The summed E-state index contributed by atoms with van der Waals surface area (Å²) in [4.78, 5) is 47.2. The molecule has 0 radical (unpaired) electrons. The highest BCUT2D eigenvalue weighted by molar-refractivity contribution is 9.10. The Balaban J connectivity index is 2.01. The number of rotatable bonds is 8. The Morgan fingerprint density at radius 2 is 1.78 bits per heavy atom. The maximum Gasteiger partial charge on any atom is 0.289 e. The Hall–Kier alpha value is -4.29. The number of benzene rings is 3. The van der Waals surface area contributed by atoms with E-state index < -0.39 is 27.3 Å². The second kappa shape index (κ2) is 11.4. The van der Waals surface area contributed by atoms with E-state index in [1.54, 1.807) is 12.1 Å². The van der Waals surface area contributed by atoms with Crippen molar-refractivity contribution in [2.45, 2.75) is 0 Å². The lowest BCUT2D eigenvalue weighted by atomic mass is 10.1. The second-order valence-corrected chi connectivity index (χ2v) is 8.41. The highest BCUT2D eigenvalue weighted by Gasteiger charge is 2.20. The average Bonchev–Trinajstić information content (AvgIpc) is 2.84. The third-order valence-corrected chi connectivity index (χ3v) is 5.50. The third kappa shape index (κ3) is 6.43. The van der Waals surface area contributed by atoms with Gasteiger partial charge in [-0.25, -0.2) is 0 Å². The van der Waals surface area contributed by atoms with Crippen molar-refractivity contribution < 1.29 is 24.2 Å². The molecule has 3 rings (SSSR count). The molecule has 36 heavy (non-hydrogen) atoms. The molecule has 184 valence electrons. The predicted molar refractivity (Wildman–Crippen MR) is 136 cm³/mol. The molecular formula is C23H16BrClN4O7. The lowest BCUT2D eigenvalue weighted by molar-refractivity contribution is -0.385. The van der Waals surface area contributed by atoms with Crippen molar-refractivity contribution in [3.05, 3.63) is 107 Å². The highest BCUT2D eigenvalue weighted by Crippen LogP contribution is 2.28. The lowest BCUT2D eigenvalue weighted by Gasteiger charge is -2.13. The topological polar surface area (TPSA) is 154 Å². The zero-order chi connectivity index (χ0) is 26.4. The predicted octanol–water partition coefficient (Wildman–Crippen LogP) is 5.34. The van der Waals surface area contributed by atoms with Gasteiger partial charge in [0.2, 0.25) is 0 Å². The number of ether oxygens (including phenoxy) is 1. The van der Waals surface area contributed by atoms with Crippen LogP contribution in [0.2, 0.25) is 5.02 Å². The van der Waals surface area contributed by atoms with E-state index >= 15 is 0 Å². The summed E-state index contributed by atoms with van der Waals surface area (Å²) in [6.45, 7) is 0. The van der Waals surface area contributed by atoms with Crippen LogP contribution < -0.4 is 15.4 Å². The van der Waals surface area contributed by atoms with Crippen molar-refractivity contribution in [3.8, 4) is 5.75 Å². The Morgan fingerprint density at radius 1 is 1.03 bits per heavy atom. The van der Waals surface area contributed by atoms with E-state index in [-0.39, 0.29) is 39.0 Å². The molecule has 11 nitrogen and oxygen atoms in total. The van der Waals surface area contributed by atoms with Gasteiger partial charge >= 0.3 is 0 Å². The molecule has 2 amide bonds. The molecule has 0 fully saturated rings. The van der Waals surface area contributed by atoms with Crippen LogP contribution in [0.3, 0.4) is 0 Å². The second-order valence-electron chi connectivity index (χ2n) is 7.09. The molecule has 0 saturated carbocycles. The molecular weight excluding hydrogens is 560 g/mol. The molecule has 0 bridgehead atoms. The summed E-state index contributed by atoms with van der Waals surface area (Å²) in [5.41, 5.74) is -0.557. The van der Waals surface area contributed by atoms with Crippen molar-refractivity contribution in [3.63, 3.8) is 0 Å². The van der Waals surface area contributed by atoms with Gasteiger partial charge in [-0.05, 0) is 42.0 Å². The van der Waals surface area contributed by atoms with Gasteiger partial charge in [0.25, 0.3) is 23.2 Å². The molecule has 2 N–H and O–H groups in total. The largest absolute Gasteiger partial charge is 0.496 e. The minimum Gasteiger partial charge on any atom is -0.496 e. The van der Waals surface area contributed by atoms with Gasteiger partial charge in [0.05, 0.1) is 22.5 Å². The molecule has 0 heterocycles. The molecule has 0 atom stereocenters. The zero-order valence-corrected chi connectivity index (χ0v) is 20.7. The van der Waals surface area contributed by atoms with Crippen LogP contribution in [-0.4, -0.2) is 28.8 Å². The number of nitro benzene ring substituents is 2. The van der Waals surface area contributed by atoms with Crippen molar-refractivity contribution >= 4 is 62.5 Å². The van der Waals surface area contributed by atoms with Gasteiger partial charge in [-0.2, -0.15) is 0 Å². The molecule has 3 aromatic carbocycles. The number of nitrogens with zero attached hydrogens (tertiary/aromatic N) is 2. The summed E-state index contributed by atoms with van der Waals surface area (Å²) in [5, 5.41) is 27.1. The normalized spacial score (nSPS) is 10.9. The molecule has 0 saturated heterocycles. The van der Waals surface area contributed by atoms with Crippen LogP contribution in [0.4, 0.5) is 17.1 Å². The van der Waals surface area contributed by atoms with Gasteiger partial charge in [-0.15, -0.1) is 0 Å². The van der Waals surface area contributed by atoms with Gasteiger partial charge < -0.3 is 15.4 Å². The Bertz CT molecular complexity index is 1410. The first-order valence-electron chi connectivity index (χ1n) is 9.95. The average molecular weight is 576 g/mol. The van der Waals surface area contributed by atoms with Gasteiger partial charge in [-0.1, -0.05) is 39.7 Å².